The molecule has 0 radical (unpaired) electrons. The Hall–Kier alpha value is -2.18. The molecule has 2 rings (SSSR count). The lowest BCUT2D eigenvalue weighted by molar-refractivity contribution is -0.295. The number of hydrogen-bond donors (Lipinski definition) is 0. The Morgan fingerprint density at radius 3 is 2.48 bits per heavy atom. The number of hydrogen-bond acceptors (Lipinski definition) is 6. The number of ketones is 1. The van der Waals surface area contributed by atoms with Crippen molar-refractivity contribution in [2.45, 2.75) is 19.0 Å². The van der Waals surface area contributed by atoms with Crippen molar-refractivity contribution in [3.8, 4) is 0 Å². The first-order chi connectivity index (χ1) is 10.0. The highest BCUT2D eigenvalue weighted by molar-refractivity contribution is 6.00. The second-order valence-corrected chi connectivity index (χ2v) is 4.43. The van der Waals surface area contributed by atoms with E-state index in [2.05, 4.69) is 0 Å². The Morgan fingerprint density at radius 1 is 1.24 bits per heavy atom. The molecule has 0 spiro atoms. The highest BCUT2D eigenvalue weighted by Gasteiger charge is 2.54. The molecular formula is C15H16O6. The van der Waals surface area contributed by atoms with E-state index < -0.39 is 23.8 Å². The summed E-state index contributed by atoms with van der Waals surface area (Å²) in [5.41, 5.74) is 0.294. The number of carbonyl (C=O) groups is 2. The first-order valence-corrected chi connectivity index (χ1v) is 6.29. The molecule has 6 heteroatoms. The van der Waals surface area contributed by atoms with Gasteiger partial charge in [-0.2, -0.15) is 0 Å². The molecule has 1 aliphatic rings. The molecule has 0 unspecified atom stereocenters. The minimum atomic E-state index is -1.96. The highest BCUT2D eigenvalue weighted by Crippen LogP contribution is 2.30. The monoisotopic (exact) mass is 292 g/mol. The van der Waals surface area contributed by atoms with E-state index in [1.54, 1.807) is 37.3 Å². The predicted octanol–water partition coefficient (Wildman–Crippen LogP) is 1.66. The van der Waals surface area contributed by atoms with E-state index in [0.717, 1.165) is 0 Å². The number of esters is 1. The van der Waals surface area contributed by atoms with Gasteiger partial charge >= 0.3 is 11.8 Å². The third-order valence-electron chi connectivity index (χ3n) is 3.05. The van der Waals surface area contributed by atoms with Gasteiger partial charge in [0.05, 0.1) is 5.56 Å². The van der Waals surface area contributed by atoms with Crippen LogP contribution >= 0.6 is 0 Å². The van der Waals surface area contributed by atoms with Gasteiger partial charge in [0.15, 0.2) is 0 Å². The Balaban J connectivity index is 2.32. The van der Waals surface area contributed by atoms with Gasteiger partial charge in [-0.15, -0.1) is 0 Å². The molecule has 2 atom stereocenters. The van der Waals surface area contributed by atoms with Crippen molar-refractivity contribution < 1.29 is 28.5 Å². The molecule has 112 valence electrons. The normalized spacial score (nSPS) is 25.0. The van der Waals surface area contributed by atoms with E-state index in [1.165, 1.54) is 20.3 Å². The molecule has 21 heavy (non-hydrogen) atoms. The fourth-order valence-corrected chi connectivity index (χ4v) is 1.99. The molecule has 1 aliphatic heterocycles. The average molecular weight is 292 g/mol. The lowest BCUT2D eigenvalue weighted by Crippen LogP contribution is -2.57. The van der Waals surface area contributed by atoms with Crippen LogP contribution in [0.4, 0.5) is 0 Å². The molecule has 1 aromatic carbocycles. The molecule has 0 aliphatic carbocycles. The van der Waals surface area contributed by atoms with Crippen molar-refractivity contribution in [1.29, 1.82) is 0 Å². The summed E-state index contributed by atoms with van der Waals surface area (Å²) in [6, 6.07) is 8.29. The summed E-state index contributed by atoms with van der Waals surface area (Å²) in [7, 11) is 2.58. The minimum Gasteiger partial charge on any atom is -0.462 e. The zero-order chi connectivity index (χ0) is 15.5. The molecule has 0 bridgehead atoms. The molecule has 0 amide bonds. The molecule has 0 saturated carbocycles. The standard InChI is InChI=1S/C15H16O6/c1-10-9-12(16)15(19-3,14(18-2)20-10)21-13(17)11-7-5-4-6-8-11/h4-9,14H,1-3H3/t14-,15+/m1/s1. The van der Waals surface area contributed by atoms with E-state index in [4.69, 9.17) is 18.9 Å². The summed E-state index contributed by atoms with van der Waals surface area (Å²) in [5.74, 6) is -2.86. The third-order valence-corrected chi connectivity index (χ3v) is 3.05. The quantitative estimate of drug-likeness (QED) is 0.621. The zero-order valence-corrected chi connectivity index (χ0v) is 12.0. The molecular weight excluding hydrogens is 276 g/mol. The Kier molecular flexibility index (Phi) is 4.40. The van der Waals surface area contributed by atoms with Crippen LogP contribution in [0.5, 0.6) is 0 Å². The van der Waals surface area contributed by atoms with Crippen molar-refractivity contribution in [2.75, 3.05) is 14.2 Å². The molecule has 0 fully saturated rings. The first-order valence-electron chi connectivity index (χ1n) is 6.29. The van der Waals surface area contributed by atoms with E-state index in [-0.39, 0.29) is 0 Å². The van der Waals surface area contributed by atoms with Gasteiger partial charge in [0.1, 0.15) is 5.76 Å². The summed E-state index contributed by atoms with van der Waals surface area (Å²) in [5, 5.41) is 0. The predicted molar refractivity (Wildman–Crippen MR) is 72.2 cm³/mol. The Bertz CT molecular complexity index is 565. The number of carbonyl (C=O) groups excluding carboxylic acids is 2. The van der Waals surface area contributed by atoms with E-state index >= 15 is 0 Å². The molecule has 0 aromatic heterocycles. The maximum absolute atomic E-state index is 12.3. The topological polar surface area (TPSA) is 71.1 Å². The maximum Gasteiger partial charge on any atom is 0.341 e. The minimum absolute atomic E-state index is 0.294. The SMILES string of the molecule is CO[C@@H]1OC(C)=CC(=O)[C@]1(OC)OC(=O)c1ccccc1. The molecule has 6 nitrogen and oxygen atoms in total. The van der Waals surface area contributed by atoms with Crippen LogP contribution in [-0.4, -0.2) is 38.0 Å². The second kappa shape index (κ2) is 6.07. The van der Waals surface area contributed by atoms with Crippen molar-refractivity contribution in [1.82, 2.24) is 0 Å². The maximum atomic E-state index is 12.3. The van der Waals surface area contributed by atoms with Gasteiger partial charge in [-0.1, -0.05) is 18.2 Å². The Morgan fingerprint density at radius 2 is 1.90 bits per heavy atom. The van der Waals surface area contributed by atoms with Crippen molar-refractivity contribution in [2.24, 2.45) is 0 Å². The van der Waals surface area contributed by atoms with Gasteiger partial charge in [-0.05, 0) is 19.1 Å². The first kappa shape index (κ1) is 15.2. The largest absolute Gasteiger partial charge is 0.462 e. The summed E-state index contributed by atoms with van der Waals surface area (Å²) >= 11 is 0. The van der Waals surface area contributed by atoms with E-state index in [9.17, 15) is 9.59 Å². The number of benzene rings is 1. The highest BCUT2D eigenvalue weighted by atomic mass is 16.8. The van der Waals surface area contributed by atoms with Crippen LogP contribution < -0.4 is 0 Å². The summed E-state index contributed by atoms with van der Waals surface area (Å²) in [6.07, 6.45) is 0.0322. The average Bonchev–Trinajstić information content (AvgIpc) is 2.50. The fraction of sp³-hybridized carbons (Fsp3) is 0.333. The lowest BCUT2D eigenvalue weighted by atomic mass is 10.1. The zero-order valence-electron chi connectivity index (χ0n) is 12.0. The van der Waals surface area contributed by atoms with Gasteiger partial charge < -0.3 is 18.9 Å². The van der Waals surface area contributed by atoms with Crippen LogP contribution in [0.15, 0.2) is 42.2 Å². The van der Waals surface area contributed by atoms with Crippen molar-refractivity contribution in [3.63, 3.8) is 0 Å². The number of rotatable bonds is 4. The summed E-state index contributed by atoms with van der Waals surface area (Å²) in [4.78, 5) is 24.4. The third kappa shape index (κ3) is 2.81. The number of allylic oxidation sites excluding steroid dienone is 1. The summed E-state index contributed by atoms with van der Waals surface area (Å²) in [6.45, 7) is 1.60. The lowest BCUT2D eigenvalue weighted by Gasteiger charge is -2.37. The van der Waals surface area contributed by atoms with Gasteiger partial charge in [-0.3, -0.25) is 4.79 Å². The fourth-order valence-electron chi connectivity index (χ4n) is 1.99. The second-order valence-electron chi connectivity index (χ2n) is 4.43. The molecule has 1 aromatic rings. The van der Waals surface area contributed by atoms with Gasteiger partial charge in [0, 0.05) is 20.3 Å². The molecule has 1 heterocycles. The van der Waals surface area contributed by atoms with Crippen LogP contribution in [0.25, 0.3) is 0 Å². The number of ether oxygens (including phenoxy) is 4. The van der Waals surface area contributed by atoms with E-state index in [0.29, 0.717) is 11.3 Å². The van der Waals surface area contributed by atoms with Gasteiger partial charge in [-0.25, -0.2) is 4.79 Å². The smallest absolute Gasteiger partial charge is 0.341 e. The van der Waals surface area contributed by atoms with Crippen LogP contribution in [0.3, 0.4) is 0 Å². The van der Waals surface area contributed by atoms with Crippen LogP contribution in [0.1, 0.15) is 17.3 Å². The van der Waals surface area contributed by atoms with Gasteiger partial charge in [0.2, 0.25) is 5.78 Å². The Labute approximate surface area is 122 Å². The van der Waals surface area contributed by atoms with Crippen LogP contribution in [-0.2, 0) is 23.7 Å². The van der Waals surface area contributed by atoms with Crippen LogP contribution in [0, 0.1) is 0 Å². The van der Waals surface area contributed by atoms with E-state index in [1.807, 2.05) is 0 Å². The van der Waals surface area contributed by atoms with Crippen molar-refractivity contribution in [3.05, 3.63) is 47.7 Å². The van der Waals surface area contributed by atoms with Crippen molar-refractivity contribution >= 4 is 11.8 Å². The summed E-state index contributed by atoms with van der Waals surface area (Å²) < 4.78 is 20.9. The number of methoxy groups -OCH3 is 2. The van der Waals surface area contributed by atoms with Crippen LogP contribution in [0.2, 0.25) is 0 Å². The molecule has 0 N–H and O–H groups in total. The molecule has 0 saturated heterocycles. The van der Waals surface area contributed by atoms with Gasteiger partial charge in [0.25, 0.3) is 6.29 Å².